The maximum Gasteiger partial charge on any atom is 0.391 e. The van der Waals surface area contributed by atoms with E-state index in [2.05, 4.69) is 5.32 Å². The summed E-state index contributed by atoms with van der Waals surface area (Å²) in [4.78, 5) is 0. The molecule has 0 aliphatic heterocycles. The maximum absolute atomic E-state index is 12.7. The molecular weight excluding hydrogens is 243 g/mol. The standard InChI is InChI=1S/C13H22F3NO/c14-13(15,16)10-4-3-5-11(8-10)17-9-12(18)6-1-2-7-12/h10-11,17-18H,1-9H2. The third-order valence-electron chi connectivity index (χ3n) is 4.39. The van der Waals surface area contributed by atoms with Gasteiger partial charge in [0.25, 0.3) is 0 Å². The Kier molecular flexibility index (Phi) is 4.22. The Balaban J connectivity index is 1.79. The smallest absolute Gasteiger partial charge is 0.389 e. The molecule has 2 fully saturated rings. The summed E-state index contributed by atoms with van der Waals surface area (Å²) in [5, 5.41) is 13.3. The Morgan fingerprint density at radius 1 is 1.11 bits per heavy atom. The highest BCUT2D eigenvalue weighted by Gasteiger charge is 2.42. The summed E-state index contributed by atoms with van der Waals surface area (Å²) in [6, 6.07) is -0.0880. The first kappa shape index (κ1) is 14.1. The molecule has 5 heteroatoms. The average Bonchev–Trinajstić information content (AvgIpc) is 2.74. The van der Waals surface area contributed by atoms with Gasteiger partial charge in [0.2, 0.25) is 0 Å². The maximum atomic E-state index is 12.7. The van der Waals surface area contributed by atoms with Gasteiger partial charge in [-0.15, -0.1) is 0 Å². The van der Waals surface area contributed by atoms with Crippen LogP contribution >= 0.6 is 0 Å². The molecule has 2 atom stereocenters. The van der Waals surface area contributed by atoms with Crippen molar-refractivity contribution in [1.82, 2.24) is 5.32 Å². The van der Waals surface area contributed by atoms with Crippen molar-refractivity contribution < 1.29 is 18.3 Å². The molecule has 0 aromatic rings. The van der Waals surface area contributed by atoms with E-state index >= 15 is 0 Å². The van der Waals surface area contributed by atoms with Crippen molar-refractivity contribution >= 4 is 0 Å². The fraction of sp³-hybridized carbons (Fsp3) is 1.00. The third kappa shape index (κ3) is 3.60. The van der Waals surface area contributed by atoms with Crippen LogP contribution in [0.2, 0.25) is 0 Å². The zero-order valence-corrected chi connectivity index (χ0v) is 10.6. The van der Waals surface area contributed by atoms with Gasteiger partial charge >= 0.3 is 6.18 Å². The van der Waals surface area contributed by atoms with Crippen LogP contribution in [0.1, 0.15) is 51.4 Å². The first-order valence-electron chi connectivity index (χ1n) is 6.92. The summed E-state index contributed by atoms with van der Waals surface area (Å²) in [6.07, 6.45) is 1.37. The molecular formula is C13H22F3NO. The SMILES string of the molecule is OC1(CNC2CCCC(C(F)(F)F)C2)CCCC1. The lowest BCUT2D eigenvalue weighted by molar-refractivity contribution is -0.183. The van der Waals surface area contributed by atoms with Gasteiger partial charge in [0.1, 0.15) is 0 Å². The van der Waals surface area contributed by atoms with Crippen LogP contribution in [-0.2, 0) is 0 Å². The van der Waals surface area contributed by atoms with E-state index in [0.29, 0.717) is 13.0 Å². The summed E-state index contributed by atoms with van der Waals surface area (Å²) in [6.45, 7) is 0.447. The Hall–Kier alpha value is -0.290. The van der Waals surface area contributed by atoms with E-state index in [4.69, 9.17) is 0 Å². The topological polar surface area (TPSA) is 32.3 Å². The Morgan fingerprint density at radius 2 is 1.78 bits per heavy atom. The van der Waals surface area contributed by atoms with E-state index in [1.807, 2.05) is 0 Å². The molecule has 0 radical (unpaired) electrons. The Bertz CT molecular complexity index is 274. The van der Waals surface area contributed by atoms with E-state index in [1.165, 1.54) is 0 Å². The lowest BCUT2D eigenvalue weighted by Crippen LogP contribution is -2.45. The van der Waals surface area contributed by atoms with Gasteiger partial charge in [-0.3, -0.25) is 0 Å². The molecule has 0 aromatic carbocycles. The number of aliphatic hydroxyl groups is 1. The van der Waals surface area contributed by atoms with Gasteiger partial charge < -0.3 is 10.4 Å². The van der Waals surface area contributed by atoms with E-state index < -0.39 is 17.7 Å². The molecule has 2 aliphatic carbocycles. The predicted octanol–water partition coefficient (Wildman–Crippen LogP) is 3.00. The summed E-state index contributed by atoms with van der Waals surface area (Å²) >= 11 is 0. The number of halogens is 3. The van der Waals surface area contributed by atoms with Gasteiger partial charge in [0, 0.05) is 12.6 Å². The fourth-order valence-corrected chi connectivity index (χ4v) is 3.22. The molecule has 0 bridgehead atoms. The van der Waals surface area contributed by atoms with Crippen LogP contribution in [0.3, 0.4) is 0 Å². The second-order valence-corrected chi connectivity index (χ2v) is 5.91. The van der Waals surface area contributed by atoms with Gasteiger partial charge in [0.05, 0.1) is 11.5 Å². The largest absolute Gasteiger partial charge is 0.391 e. The number of hydrogen-bond acceptors (Lipinski definition) is 2. The molecule has 2 aliphatic rings. The summed E-state index contributed by atoms with van der Waals surface area (Å²) in [5.41, 5.74) is -0.675. The minimum Gasteiger partial charge on any atom is -0.389 e. The average molecular weight is 265 g/mol. The van der Waals surface area contributed by atoms with Gasteiger partial charge in [-0.1, -0.05) is 19.3 Å². The van der Waals surface area contributed by atoms with Crippen molar-refractivity contribution in [2.24, 2.45) is 5.92 Å². The highest BCUT2D eigenvalue weighted by molar-refractivity contribution is 4.89. The normalized spacial score (nSPS) is 32.7. The monoisotopic (exact) mass is 265 g/mol. The van der Waals surface area contributed by atoms with E-state index in [1.54, 1.807) is 0 Å². The van der Waals surface area contributed by atoms with Crippen molar-refractivity contribution in [3.8, 4) is 0 Å². The second-order valence-electron chi connectivity index (χ2n) is 5.91. The molecule has 18 heavy (non-hydrogen) atoms. The lowest BCUT2D eigenvalue weighted by atomic mass is 9.85. The molecule has 0 aromatic heterocycles. The van der Waals surface area contributed by atoms with Crippen LogP contribution in [-0.4, -0.2) is 29.5 Å². The van der Waals surface area contributed by atoms with Gasteiger partial charge in [0.15, 0.2) is 0 Å². The van der Waals surface area contributed by atoms with E-state index in [0.717, 1.165) is 32.1 Å². The van der Waals surface area contributed by atoms with Crippen LogP contribution in [0.15, 0.2) is 0 Å². The third-order valence-corrected chi connectivity index (χ3v) is 4.39. The van der Waals surface area contributed by atoms with Crippen molar-refractivity contribution in [2.45, 2.75) is 69.2 Å². The lowest BCUT2D eigenvalue weighted by Gasteiger charge is -2.33. The molecule has 0 heterocycles. The first-order chi connectivity index (χ1) is 8.39. The van der Waals surface area contributed by atoms with Gasteiger partial charge in [-0.25, -0.2) is 0 Å². The minimum absolute atomic E-state index is 0.0880. The molecule has 2 unspecified atom stereocenters. The van der Waals surface area contributed by atoms with Crippen LogP contribution in [0.25, 0.3) is 0 Å². The van der Waals surface area contributed by atoms with Crippen molar-refractivity contribution in [3.05, 3.63) is 0 Å². The van der Waals surface area contributed by atoms with Gasteiger partial charge in [-0.05, 0) is 32.1 Å². The second kappa shape index (κ2) is 5.37. The Morgan fingerprint density at radius 3 is 2.39 bits per heavy atom. The van der Waals surface area contributed by atoms with E-state index in [9.17, 15) is 18.3 Å². The van der Waals surface area contributed by atoms with Crippen LogP contribution in [0.4, 0.5) is 13.2 Å². The predicted molar refractivity (Wildman–Crippen MR) is 63.2 cm³/mol. The summed E-state index contributed by atoms with van der Waals surface area (Å²) in [7, 11) is 0. The van der Waals surface area contributed by atoms with E-state index in [-0.39, 0.29) is 18.9 Å². The fourth-order valence-electron chi connectivity index (χ4n) is 3.22. The minimum atomic E-state index is -4.06. The highest BCUT2D eigenvalue weighted by Crippen LogP contribution is 2.38. The molecule has 2 nitrogen and oxygen atoms in total. The number of hydrogen-bond donors (Lipinski definition) is 2. The zero-order chi connectivity index (χ0) is 13.2. The Labute approximate surface area is 106 Å². The zero-order valence-electron chi connectivity index (χ0n) is 10.6. The molecule has 2 N–H and O–H groups in total. The summed E-state index contributed by atoms with van der Waals surface area (Å²) in [5.74, 6) is -1.16. The molecule has 106 valence electrons. The first-order valence-corrected chi connectivity index (χ1v) is 6.92. The molecule has 2 saturated carbocycles. The highest BCUT2D eigenvalue weighted by atomic mass is 19.4. The quantitative estimate of drug-likeness (QED) is 0.822. The molecule has 0 saturated heterocycles. The van der Waals surface area contributed by atoms with Crippen molar-refractivity contribution in [2.75, 3.05) is 6.54 Å². The summed E-state index contributed by atoms with van der Waals surface area (Å²) < 4.78 is 38.0. The van der Waals surface area contributed by atoms with Crippen LogP contribution in [0.5, 0.6) is 0 Å². The molecule has 2 rings (SSSR count). The number of rotatable bonds is 3. The van der Waals surface area contributed by atoms with Gasteiger partial charge in [-0.2, -0.15) is 13.2 Å². The van der Waals surface area contributed by atoms with Crippen molar-refractivity contribution in [3.63, 3.8) is 0 Å². The molecule has 0 spiro atoms. The van der Waals surface area contributed by atoms with Crippen molar-refractivity contribution in [1.29, 1.82) is 0 Å². The number of alkyl halides is 3. The number of nitrogens with one attached hydrogen (secondary N) is 1. The van der Waals surface area contributed by atoms with Crippen LogP contribution in [0, 0.1) is 5.92 Å². The molecule has 0 amide bonds. The van der Waals surface area contributed by atoms with Crippen LogP contribution < -0.4 is 5.32 Å².